The maximum Gasteiger partial charge on any atom is 0.303 e. The summed E-state index contributed by atoms with van der Waals surface area (Å²) in [5.74, 6) is -0.555. The third-order valence-corrected chi connectivity index (χ3v) is 4.74. The molecule has 2 aromatic carbocycles. The molecule has 2 rings (SSSR count). The van der Waals surface area contributed by atoms with Crippen LogP contribution in [0.5, 0.6) is 5.75 Å². The molecular formula is C25H31NO4. The standard InChI is InChI=1S/C25H31NO4/c1-3-4-5-10-20-11-8-12-21(18-20)19(2)17-24(27)26-22-13-6-7-14-23(22)30-16-9-15-25(28)29/h6-8,11-14,17-18H,3-5,9-10,15-16H2,1-2H3,(H,26,27)(H,28,29)/b19-17+. The molecule has 2 aromatic rings. The minimum absolute atomic E-state index is 0.0496. The van der Waals surface area contributed by atoms with Crippen molar-refractivity contribution in [1.82, 2.24) is 0 Å². The predicted octanol–water partition coefficient (Wildman–Crippen LogP) is 5.70. The molecule has 0 heterocycles. The van der Waals surface area contributed by atoms with Gasteiger partial charge < -0.3 is 15.2 Å². The van der Waals surface area contributed by atoms with Crippen LogP contribution in [0, 0.1) is 0 Å². The van der Waals surface area contributed by atoms with Gasteiger partial charge in [0.15, 0.2) is 0 Å². The van der Waals surface area contributed by atoms with Gasteiger partial charge in [-0.15, -0.1) is 0 Å². The van der Waals surface area contributed by atoms with Crippen LogP contribution in [-0.4, -0.2) is 23.6 Å². The summed E-state index contributed by atoms with van der Waals surface area (Å²) in [5.41, 5.74) is 3.78. The van der Waals surface area contributed by atoms with E-state index >= 15 is 0 Å². The van der Waals surface area contributed by atoms with Gasteiger partial charge in [-0.25, -0.2) is 0 Å². The number of para-hydroxylation sites is 2. The summed E-state index contributed by atoms with van der Waals surface area (Å²) >= 11 is 0. The molecule has 0 atom stereocenters. The van der Waals surface area contributed by atoms with Crippen LogP contribution in [0.25, 0.3) is 5.57 Å². The second kappa shape index (κ2) is 12.5. The number of anilines is 1. The normalized spacial score (nSPS) is 11.2. The highest BCUT2D eigenvalue weighted by Gasteiger charge is 2.08. The summed E-state index contributed by atoms with van der Waals surface area (Å²) in [5, 5.41) is 11.6. The number of rotatable bonds is 12. The Labute approximate surface area is 178 Å². The first-order valence-corrected chi connectivity index (χ1v) is 10.5. The predicted molar refractivity (Wildman–Crippen MR) is 121 cm³/mol. The Hall–Kier alpha value is -3.08. The molecule has 0 saturated carbocycles. The number of aryl methyl sites for hydroxylation is 1. The van der Waals surface area contributed by atoms with Crippen molar-refractivity contribution in [2.45, 2.75) is 52.4 Å². The summed E-state index contributed by atoms with van der Waals surface area (Å²) in [7, 11) is 0. The third-order valence-electron chi connectivity index (χ3n) is 4.74. The Bertz CT molecular complexity index is 873. The largest absolute Gasteiger partial charge is 0.491 e. The van der Waals surface area contributed by atoms with E-state index in [9.17, 15) is 9.59 Å². The van der Waals surface area contributed by atoms with Crippen molar-refractivity contribution in [3.63, 3.8) is 0 Å². The monoisotopic (exact) mass is 409 g/mol. The van der Waals surface area contributed by atoms with Crippen LogP contribution in [0.15, 0.2) is 54.6 Å². The summed E-state index contributed by atoms with van der Waals surface area (Å²) in [6.45, 7) is 4.40. The van der Waals surface area contributed by atoms with Crippen molar-refractivity contribution >= 4 is 23.1 Å². The molecule has 0 aliphatic carbocycles. The summed E-state index contributed by atoms with van der Waals surface area (Å²) < 4.78 is 5.64. The topological polar surface area (TPSA) is 75.6 Å². The molecular weight excluding hydrogens is 378 g/mol. The first-order valence-electron chi connectivity index (χ1n) is 10.5. The minimum Gasteiger partial charge on any atom is -0.491 e. The molecule has 0 bridgehead atoms. The zero-order valence-electron chi connectivity index (χ0n) is 17.8. The number of nitrogens with one attached hydrogen (secondary N) is 1. The molecule has 0 radical (unpaired) electrons. The molecule has 0 saturated heterocycles. The van der Waals surface area contributed by atoms with Crippen LogP contribution >= 0.6 is 0 Å². The maximum atomic E-state index is 12.5. The van der Waals surface area contributed by atoms with Gasteiger partial charge >= 0.3 is 5.97 Å². The molecule has 160 valence electrons. The van der Waals surface area contributed by atoms with Gasteiger partial charge in [-0.1, -0.05) is 56.2 Å². The smallest absolute Gasteiger partial charge is 0.303 e. The van der Waals surface area contributed by atoms with E-state index in [1.807, 2.05) is 31.2 Å². The molecule has 1 amide bonds. The Kier molecular flexibility index (Phi) is 9.65. The lowest BCUT2D eigenvalue weighted by Gasteiger charge is -2.12. The third kappa shape index (κ3) is 8.11. The number of hydrogen-bond acceptors (Lipinski definition) is 3. The first-order chi connectivity index (χ1) is 14.5. The average molecular weight is 410 g/mol. The number of aliphatic carboxylic acids is 1. The van der Waals surface area contributed by atoms with E-state index < -0.39 is 5.97 Å². The van der Waals surface area contributed by atoms with Gasteiger partial charge in [0.2, 0.25) is 5.91 Å². The van der Waals surface area contributed by atoms with Crippen molar-refractivity contribution < 1.29 is 19.4 Å². The average Bonchev–Trinajstić information content (AvgIpc) is 2.72. The van der Waals surface area contributed by atoms with E-state index in [4.69, 9.17) is 9.84 Å². The van der Waals surface area contributed by atoms with Gasteiger partial charge in [-0.2, -0.15) is 0 Å². The minimum atomic E-state index is -0.852. The number of hydrogen-bond donors (Lipinski definition) is 2. The Morgan fingerprint density at radius 3 is 2.63 bits per heavy atom. The van der Waals surface area contributed by atoms with Gasteiger partial charge in [0.25, 0.3) is 0 Å². The number of ether oxygens (including phenoxy) is 1. The first kappa shape index (κ1) is 23.2. The molecule has 5 nitrogen and oxygen atoms in total. The fraction of sp³-hybridized carbons (Fsp3) is 0.360. The molecule has 0 aromatic heterocycles. The number of benzene rings is 2. The highest BCUT2D eigenvalue weighted by molar-refractivity contribution is 6.04. The van der Waals surface area contributed by atoms with Gasteiger partial charge in [-0.3, -0.25) is 9.59 Å². The molecule has 0 aliphatic heterocycles. The zero-order chi connectivity index (χ0) is 21.8. The molecule has 0 fully saturated rings. The van der Waals surface area contributed by atoms with Crippen molar-refractivity contribution in [2.75, 3.05) is 11.9 Å². The van der Waals surface area contributed by atoms with Crippen molar-refractivity contribution in [3.05, 3.63) is 65.7 Å². The number of carbonyl (C=O) groups excluding carboxylic acids is 1. The van der Waals surface area contributed by atoms with Crippen LogP contribution in [0.1, 0.15) is 57.1 Å². The second-order valence-electron chi connectivity index (χ2n) is 7.32. The SMILES string of the molecule is CCCCCc1cccc(/C(C)=C/C(=O)Nc2ccccc2OCCCC(=O)O)c1. The summed E-state index contributed by atoms with van der Waals surface area (Å²) in [6, 6.07) is 15.5. The number of allylic oxidation sites excluding steroid dienone is 1. The number of amides is 1. The van der Waals surface area contributed by atoms with E-state index in [1.54, 1.807) is 18.2 Å². The highest BCUT2D eigenvalue weighted by Crippen LogP contribution is 2.24. The lowest BCUT2D eigenvalue weighted by Crippen LogP contribution is -2.11. The molecule has 0 unspecified atom stereocenters. The Balaban J connectivity index is 2.00. The molecule has 2 N–H and O–H groups in total. The van der Waals surface area contributed by atoms with E-state index in [0.29, 0.717) is 17.9 Å². The van der Waals surface area contributed by atoms with E-state index in [2.05, 4.69) is 24.4 Å². The quantitative estimate of drug-likeness (QED) is 0.348. The fourth-order valence-electron chi connectivity index (χ4n) is 3.10. The van der Waals surface area contributed by atoms with E-state index in [0.717, 1.165) is 17.6 Å². The lowest BCUT2D eigenvalue weighted by atomic mass is 10.0. The fourth-order valence-corrected chi connectivity index (χ4v) is 3.10. The van der Waals surface area contributed by atoms with Gasteiger partial charge in [0.05, 0.1) is 12.3 Å². The molecule has 5 heteroatoms. The van der Waals surface area contributed by atoms with E-state index in [-0.39, 0.29) is 18.9 Å². The zero-order valence-corrected chi connectivity index (χ0v) is 17.8. The van der Waals surface area contributed by atoms with Crippen LogP contribution < -0.4 is 10.1 Å². The van der Waals surface area contributed by atoms with Gasteiger partial charge in [-0.05, 0) is 55.0 Å². The summed E-state index contributed by atoms with van der Waals surface area (Å²) in [4.78, 5) is 23.2. The number of unbranched alkanes of at least 4 members (excludes halogenated alkanes) is 2. The Morgan fingerprint density at radius 1 is 1.07 bits per heavy atom. The van der Waals surface area contributed by atoms with Crippen LogP contribution in [-0.2, 0) is 16.0 Å². The van der Waals surface area contributed by atoms with Gasteiger partial charge in [0.1, 0.15) is 5.75 Å². The number of carboxylic acid groups (broad SMARTS) is 1. The number of carbonyl (C=O) groups is 2. The van der Waals surface area contributed by atoms with Crippen LogP contribution in [0.3, 0.4) is 0 Å². The second-order valence-corrected chi connectivity index (χ2v) is 7.32. The lowest BCUT2D eigenvalue weighted by molar-refractivity contribution is -0.137. The van der Waals surface area contributed by atoms with Crippen LogP contribution in [0.2, 0.25) is 0 Å². The van der Waals surface area contributed by atoms with Crippen molar-refractivity contribution in [2.24, 2.45) is 0 Å². The molecule has 0 spiro atoms. The maximum absolute atomic E-state index is 12.5. The Morgan fingerprint density at radius 2 is 1.87 bits per heavy atom. The molecule has 0 aliphatic rings. The highest BCUT2D eigenvalue weighted by atomic mass is 16.5. The molecule has 30 heavy (non-hydrogen) atoms. The number of carboxylic acids is 1. The summed E-state index contributed by atoms with van der Waals surface area (Å²) in [6.07, 6.45) is 6.69. The van der Waals surface area contributed by atoms with Crippen LogP contribution in [0.4, 0.5) is 5.69 Å². The van der Waals surface area contributed by atoms with Gasteiger partial charge in [0, 0.05) is 12.5 Å². The van der Waals surface area contributed by atoms with Crippen molar-refractivity contribution in [3.8, 4) is 5.75 Å². The van der Waals surface area contributed by atoms with Crippen molar-refractivity contribution in [1.29, 1.82) is 0 Å². The van der Waals surface area contributed by atoms with E-state index in [1.165, 1.54) is 24.8 Å².